The van der Waals surface area contributed by atoms with Crippen molar-refractivity contribution in [2.45, 2.75) is 25.7 Å². The number of benzene rings is 6. The maximum atomic E-state index is 15.8. The predicted octanol–water partition coefficient (Wildman–Crippen LogP) is 7.18. The van der Waals surface area contributed by atoms with Gasteiger partial charge < -0.3 is 10.5 Å². The van der Waals surface area contributed by atoms with E-state index in [1.54, 1.807) is 0 Å². The van der Waals surface area contributed by atoms with Crippen molar-refractivity contribution in [2.24, 2.45) is 0 Å². The van der Waals surface area contributed by atoms with Crippen molar-refractivity contribution in [3.63, 3.8) is 0 Å². The van der Waals surface area contributed by atoms with Gasteiger partial charge in [0.15, 0.2) is 105 Å². The molecule has 0 heterocycles. The Labute approximate surface area is 400 Å². The summed E-state index contributed by atoms with van der Waals surface area (Å²) in [5.41, 5.74) is -18.2. The highest BCUT2D eigenvalue weighted by atomic mass is 19.2. The van der Waals surface area contributed by atoms with Crippen LogP contribution in [0.2, 0.25) is 0 Å². The lowest BCUT2D eigenvalue weighted by Gasteiger charge is -2.40. The minimum atomic E-state index is -6.20. The van der Waals surface area contributed by atoms with Gasteiger partial charge in [0.1, 0.15) is 69.8 Å². The van der Waals surface area contributed by atoms with Crippen molar-refractivity contribution in [1.29, 1.82) is 0 Å². The minimum Gasteiger partial charge on any atom is -0.525 e. The van der Waals surface area contributed by atoms with Crippen LogP contribution < -0.4 is 43.2 Å². The zero-order chi connectivity index (χ0) is 57.4. The van der Waals surface area contributed by atoms with Gasteiger partial charge in [0, 0.05) is 13.1 Å². The van der Waals surface area contributed by atoms with E-state index in [1.165, 1.54) is 0 Å². The standard InChI is InChI=1S/C42H16B2F30N2/c45-13-7(14(46)26(58)37(69)25(13)57)43(8-15(47)27(59)38(70)28(60)16(8)48,9-17(49)29(61)39(71)30(62)18(9)50)75-5-3-1-2-4-6-76-44(10-19(51)31(63)40(72)32(64)20(10)52,11-21(53)33(65)41(73)34(66)22(11)54)12-23(55)35(67)42(74)36(68)24(12)56/h1-6,75-76H2. The van der Waals surface area contributed by atoms with Gasteiger partial charge in [-0.1, -0.05) is 32.8 Å². The van der Waals surface area contributed by atoms with Gasteiger partial charge in [0.05, 0.1) is 0 Å². The summed E-state index contributed by atoms with van der Waals surface area (Å²) in [6, 6.07) is 0. The Morgan fingerprint density at radius 3 is 0.382 bits per heavy atom. The highest BCUT2D eigenvalue weighted by molar-refractivity contribution is 7.06. The highest BCUT2D eigenvalue weighted by Gasteiger charge is 2.55. The molecule has 6 aromatic rings. The molecule has 0 spiro atoms. The van der Waals surface area contributed by atoms with E-state index in [4.69, 9.17) is 0 Å². The van der Waals surface area contributed by atoms with E-state index in [1.807, 2.05) is 0 Å². The number of rotatable bonds is 15. The Hall–Kier alpha value is -6.73. The molecule has 0 aliphatic heterocycles. The molecule has 0 aliphatic rings. The SMILES string of the molecule is Fc1c(F)c(F)c([B-]([NH2+]CCCCCC[NH2+][B-](c2c(F)c(F)c(F)c(F)c2F)(c2c(F)c(F)c(F)c(F)c2F)c2c(F)c(F)c(F)c(F)c2F)(c2c(F)c(F)c(F)c(F)c2F)c2c(F)c(F)c(F)c(F)c2F)c(F)c1F. The van der Waals surface area contributed by atoms with E-state index in [0.29, 0.717) is 0 Å². The molecule has 0 amide bonds. The molecule has 0 bridgehead atoms. The first-order valence-electron chi connectivity index (χ1n) is 20.4. The van der Waals surface area contributed by atoms with Crippen LogP contribution in [-0.2, 0) is 0 Å². The summed E-state index contributed by atoms with van der Waals surface area (Å²) in [4.78, 5) is 0. The van der Waals surface area contributed by atoms with Crippen molar-refractivity contribution in [1.82, 2.24) is 0 Å². The summed E-state index contributed by atoms with van der Waals surface area (Å²) < 4.78 is 454. The average Bonchev–Trinajstić information content (AvgIpc) is 3.39. The first-order valence-corrected chi connectivity index (χ1v) is 20.4. The molecule has 6 rings (SSSR count). The third-order valence-electron chi connectivity index (χ3n) is 12.4. The monoisotopic (exact) mass is 1140 g/mol. The van der Waals surface area contributed by atoms with Crippen molar-refractivity contribution in [2.75, 3.05) is 13.1 Å². The van der Waals surface area contributed by atoms with Crippen LogP contribution in [0, 0.1) is 175 Å². The third-order valence-corrected chi connectivity index (χ3v) is 12.4. The summed E-state index contributed by atoms with van der Waals surface area (Å²) in [6.07, 6.45) is -16.5. The zero-order valence-electron chi connectivity index (χ0n) is 35.9. The molecule has 34 heteroatoms. The molecule has 0 saturated carbocycles. The number of halogens is 30. The molecular weight excluding hydrogens is 1120 g/mol. The first-order chi connectivity index (χ1) is 35.3. The molecule has 4 N–H and O–H groups in total. The number of unbranched alkanes of at least 4 members (excludes halogenated alkanes) is 3. The van der Waals surface area contributed by atoms with Gasteiger partial charge in [0.2, 0.25) is 0 Å². The van der Waals surface area contributed by atoms with Crippen LogP contribution >= 0.6 is 0 Å². The fraction of sp³-hybridized carbons (Fsp3) is 0.143. The molecule has 6 aromatic carbocycles. The average molecular weight is 1140 g/mol. The Kier molecular flexibility index (Phi) is 16.2. The molecule has 0 aromatic heterocycles. The van der Waals surface area contributed by atoms with Crippen molar-refractivity contribution in [3.05, 3.63) is 175 Å². The lowest BCUT2D eigenvalue weighted by molar-refractivity contribution is -0.527. The maximum Gasteiger partial charge on any atom is 0.305 e. The van der Waals surface area contributed by atoms with Crippen molar-refractivity contribution in [3.8, 4) is 0 Å². The van der Waals surface area contributed by atoms with E-state index >= 15 is 52.7 Å². The molecule has 0 radical (unpaired) electrons. The molecule has 2 nitrogen and oxygen atoms in total. The van der Waals surface area contributed by atoms with Gasteiger partial charge in [-0.3, -0.25) is 0 Å². The lowest BCUT2D eigenvalue weighted by Crippen LogP contribution is -3.12. The fourth-order valence-corrected chi connectivity index (χ4v) is 9.08. The van der Waals surface area contributed by atoms with Crippen LogP contribution in [0.15, 0.2) is 0 Å². The Morgan fingerprint density at radius 2 is 0.263 bits per heavy atom. The van der Waals surface area contributed by atoms with E-state index < -0.39 is 269 Å². The Bertz CT molecular complexity index is 2690. The second-order valence-corrected chi connectivity index (χ2v) is 16.2. The molecule has 0 fully saturated rings. The number of nitrogens with two attached hydrogens (primary N) is 2. The van der Waals surface area contributed by atoms with Crippen LogP contribution in [0.1, 0.15) is 25.7 Å². The molecule has 0 aliphatic carbocycles. The maximum absolute atomic E-state index is 15.8. The second kappa shape index (κ2) is 21.0. The van der Waals surface area contributed by atoms with Gasteiger partial charge >= 0.3 is 12.6 Å². The molecule has 76 heavy (non-hydrogen) atoms. The molecule has 0 saturated heterocycles. The summed E-state index contributed by atoms with van der Waals surface area (Å²) >= 11 is 0. The minimum absolute atomic E-state index is 0.454. The summed E-state index contributed by atoms with van der Waals surface area (Å²) in [6.45, 7) is -3.20. The number of quaternary nitrogens is 2. The summed E-state index contributed by atoms with van der Waals surface area (Å²) in [5.74, 6) is -100. The number of hydrogen-bond donors (Lipinski definition) is 2. The van der Waals surface area contributed by atoms with Gasteiger partial charge in [-0.15, -0.1) is 0 Å². The number of hydrogen-bond acceptors (Lipinski definition) is 0. The van der Waals surface area contributed by atoms with E-state index in [0.717, 1.165) is 0 Å². The van der Waals surface area contributed by atoms with Crippen molar-refractivity contribution >= 4 is 45.3 Å². The molecular formula is C42H16B2F30N2. The van der Waals surface area contributed by atoms with E-state index in [-0.39, 0.29) is 0 Å². The quantitative estimate of drug-likeness (QED) is 0.0360. The fourth-order valence-electron chi connectivity index (χ4n) is 9.08. The lowest BCUT2D eigenvalue weighted by atomic mass is 9.23. The van der Waals surface area contributed by atoms with Crippen LogP contribution in [0.5, 0.6) is 0 Å². The predicted molar refractivity (Wildman–Crippen MR) is 199 cm³/mol. The Balaban J connectivity index is 1.52. The largest absolute Gasteiger partial charge is 0.525 e. The first kappa shape index (κ1) is 58.5. The molecule has 0 unspecified atom stereocenters. The second-order valence-electron chi connectivity index (χ2n) is 16.2. The summed E-state index contributed by atoms with van der Waals surface area (Å²) in [5, 5.41) is -0.907. The van der Waals surface area contributed by atoms with Gasteiger partial charge in [0.25, 0.3) is 0 Å². The summed E-state index contributed by atoms with van der Waals surface area (Å²) in [7, 11) is 0. The van der Waals surface area contributed by atoms with Crippen LogP contribution in [0.25, 0.3) is 0 Å². The zero-order valence-corrected chi connectivity index (χ0v) is 35.9. The Morgan fingerprint density at radius 1 is 0.158 bits per heavy atom. The smallest absolute Gasteiger partial charge is 0.305 e. The normalized spacial score (nSPS) is 12.2. The van der Waals surface area contributed by atoms with Crippen LogP contribution in [0.4, 0.5) is 132 Å². The topological polar surface area (TPSA) is 33.2 Å². The van der Waals surface area contributed by atoms with E-state index in [2.05, 4.69) is 0 Å². The molecule has 410 valence electrons. The molecule has 0 atom stereocenters. The van der Waals surface area contributed by atoms with Crippen LogP contribution in [-0.4, -0.2) is 25.7 Å². The van der Waals surface area contributed by atoms with E-state index in [9.17, 15) is 79.0 Å². The van der Waals surface area contributed by atoms with Gasteiger partial charge in [-0.2, -0.15) is 0 Å². The van der Waals surface area contributed by atoms with Crippen molar-refractivity contribution < 1.29 is 142 Å². The third kappa shape index (κ3) is 8.51. The van der Waals surface area contributed by atoms with Crippen LogP contribution in [0.3, 0.4) is 0 Å². The van der Waals surface area contributed by atoms with Gasteiger partial charge in [-0.05, 0) is 25.7 Å². The highest BCUT2D eigenvalue weighted by Crippen LogP contribution is 2.29. The van der Waals surface area contributed by atoms with Gasteiger partial charge in [-0.25, -0.2) is 132 Å².